The molecule has 0 bridgehead atoms. The molecule has 0 aromatic rings. The van der Waals surface area contributed by atoms with Crippen LogP contribution in [0.4, 0.5) is 0 Å². The predicted molar refractivity (Wildman–Crippen MR) is 57.5 cm³/mol. The number of nitrogens with one attached hydrogen (secondary N) is 1. The van der Waals surface area contributed by atoms with E-state index in [1.54, 1.807) is 13.8 Å². The summed E-state index contributed by atoms with van der Waals surface area (Å²) >= 11 is 1.39. The van der Waals surface area contributed by atoms with E-state index in [1.807, 2.05) is 6.26 Å². The summed E-state index contributed by atoms with van der Waals surface area (Å²) < 4.78 is 0. The summed E-state index contributed by atoms with van der Waals surface area (Å²) in [5.41, 5.74) is -1.15. The van der Waals surface area contributed by atoms with Crippen molar-refractivity contribution in [2.75, 3.05) is 6.26 Å². The Kier molecular flexibility index (Phi) is 4.97. The monoisotopic (exact) mass is 219 g/mol. The van der Waals surface area contributed by atoms with E-state index in [-0.39, 0.29) is 11.2 Å². The molecule has 0 spiro atoms. The number of aliphatic carboxylic acids is 1. The number of hydrogen-bond acceptors (Lipinski definition) is 3. The third-order valence-corrected chi connectivity index (χ3v) is 3.22. The summed E-state index contributed by atoms with van der Waals surface area (Å²) in [6, 6.07) is 0. The van der Waals surface area contributed by atoms with E-state index in [1.165, 1.54) is 18.7 Å². The first-order valence-corrected chi connectivity index (χ1v) is 5.74. The van der Waals surface area contributed by atoms with Crippen molar-refractivity contribution in [2.24, 2.45) is 0 Å². The second kappa shape index (κ2) is 5.24. The molecule has 0 radical (unpaired) electrons. The van der Waals surface area contributed by atoms with E-state index in [2.05, 4.69) is 5.32 Å². The van der Waals surface area contributed by atoms with Crippen LogP contribution in [0.2, 0.25) is 0 Å². The van der Waals surface area contributed by atoms with Gasteiger partial charge in [-0.3, -0.25) is 4.79 Å². The minimum atomic E-state index is -1.15. The molecule has 0 saturated carbocycles. The van der Waals surface area contributed by atoms with Crippen LogP contribution in [0.1, 0.15) is 27.2 Å². The van der Waals surface area contributed by atoms with Gasteiger partial charge in [-0.25, -0.2) is 4.79 Å². The van der Waals surface area contributed by atoms with E-state index in [0.29, 0.717) is 6.42 Å². The topological polar surface area (TPSA) is 66.4 Å². The van der Waals surface area contributed by atoms with Crippen molar-refractivity contribution in [3.8, 4) is 0 Å². The van der Waals surface area contributed by atoms with Crippen molar-refractivity contribution >= 4 is 23.6 Å². The van der Waals surface area contributed by atoms with E-state index in [4.69, 9.17) is 5.11 Å². The lowest BCUT2D eigenvalue weighted by molar-refractivity contribution is -0.146. The molecule has 0 saturated heterocycles. The highest BCUT2D eigenvalue weighted by molar-refractivity contribution is 7.99. The molecule has 2 atom stereocenters. The Morgan fingerprint density at radius 2 is 2.07 bits per heavy atom. The van der Waals surface area contributed by atoms with Crippen molar-refractivity contribution in [3.63, 3.8) is 0 Å². The molecule has 4 nitrogen and oxygen atoms in total. The van der Waals surface area contributed by atoms with Gasteiger partial charge in [0.15, 0.2) is 0 Å². The standard InChI is InChI=1S/C9H17NO3S/c1-5-9(3,8(12)13)10-7(11)6(2)14-4/h6H,5H2,1-4H3,(H,10,11)(H,12,13). The zero-order chi connectivity index (χ0) is 11.4. The lowest BCUT2D eigenvalue weighted by atomic mass is 9.99. The maximum Gasteiger partial charge on any atom is 0.329 e. The van der Waals surface area contributed by atoms with Gasteiger partial charge >= 0.3 is 5.97 Å². The molecule has 0 aliphatic rings. The van der Waals surface area contributed by atoms with Crippen LogP contribution in [-0.2, 0) is 9.59 Å². The normalized spacial score (nSPS) is 16.9. The molecular weight excluding hydrogens is 202 g/mol. The Morgan fingerprint density at radius 1 is 1.57 bits per heavy atom. The van der Waals surface area contributed by atoms with Crippen LogP contribution in [0.15, 0.2) is 0 Å². The molecule has 1 amide bonds. The zero-order valence-corrected chi connectivity index (χ0v) is 9.77. The summed E-state index contributed by atoms with van der Waals surface area (Å²) in [4.78, 5) is 22.3. The van der Waals surface area contributed by atoms with Crippen LogP contribution < -0.4 is 5.32 Å². The van der Waals surface area contributed by atoms with Gasteiger partial charge in [0, 0.05) is 0 Å². The fourth-order valence-corrected chi connectivity index (χ4v) is 1.05. The lowest BCUT2D eigenvalue weighted by Crippen LogP contribution is -2.53. The summed E-state index contributed by atoms with van der Waals surface area (Å²) in [6.45, 7) is 5.00. The molecule has 82 valence electrons. The molecule has 14 heavy (non-hydrogen) atoms. The van der Waals surface area contributed by atoms with Gasteiger partial charge in [0.25, 0.3) is 0 Å². The molecule has 0 aliphatic carbocycles. The lowest BCUT2D eigenvalue weighted by Gasteiger charge is -2.25. The highest BCUT2D eigenvalue weighted by Crippen LogP contribution is 2.12. The average Bonchev–Trinajstić information content (AvgIpc) is 2.15. The Bertz CT molecular complexity index is 232. The maximum absolute atomic E-state index is 11.5. The fourth-order valence-electron chi connectivity index (χ4n) is 0.774. The largest absolute Gasteiger partial charge is 0.480 e. The first-order valence-electron chi connectivity index (χ1n) is 4.45. The summed E-state index contributed by atoms with van der Waals surface area (Å²) in [7, 11) is 0. The second-order valence-electron chi connectivity index (χ2n) is 3.36. The Hall–Kier alpha value is -0.710. The Morgan fingerprint density at radius 3 is 2.36 bits per heavy atom. The quantitative estimate of drug-likeness (QED) is 0.727. The van der Waals surface area contributed by atoms with Gasteiger partial charge in [-0.15, -0.1) is 0 Å². The van der Waals surface area contributed by atoms with Gasteiger partial charge in [-0.1, -0.05) is 6.92 Å². The highest BCUT2D eigenvalue weighted by Gasteiger charge is 2.33. The SMILES string of the molecule is CCC(C)(NC(=O)C(C)SC)C(=O)O. The van der Waals surface area contributed by atoms with Crippen LogP contribution in [0, 0.1) is 0 Å². The molecule has 0 aliphatic heterocycles. The van der Waals surface area contributed by atoms with Crippen molar-refractivity contribution in [1.82, 2.24) is 5.32 Å². The molecule has 0 aromatic heterocycles. The van der Waals surface area contributed by atoms with Gasteiger partial charge in [-0.2, -0.15) is 11.8 Å². The van der Waals surface area contributed by atoms with Crippen LogP contribution in [0.3, 0.4) is 0 Å². The first-order chi connectivity index (χ1) is 6.37. The minimum absolute atomic E-state index is 0.222. The first kappa shape index (κ1) is 13.3. The number of rotatable bonds is 5. The number of thioether (sulfide) groups is 1. The number of amides is 1. The molecule has 0 aromatic carbocycles. The molecule has 2 unspecified atom stereocenters. The number of carbonyl (C=O) groups is 2. The maximum atomic E-state index is 11.5. The van der Waals surface area contributed by atoms with Crippen LogP contribution in [0.5, 0.6) is 0 Å². The van der Waals surface area contributed by atoms with Gasteiger partial charge in [-0.05, 0) is 26.5 Å². The fraction of sp³-hybridized carbons (Fsp3) is 0.778. The molecule has 0 fully saturated rings. The zero-order valence-electron chi connectivity index (χ0n) is 8.96. The molecule has 2 N–H and O–H groups in total. The van der Waals surface area contributed by atoms with Gasteiger partial charge in [0.05, 0.1) is 5.25 Å². The third-order valence-electron chi connectivity index (χ3n) is 2.30. The van der Waals surface area contributed by atoms with Crippen molar-refractivity contribution in [3.05, 3.63) is 0 Å². The van der Waals surface area contributed by atoms with E-state index in [9.17, 15) is 9.59 Å². The summed E-state index contributed by atoms with van der Waals surface area (Å²) in [5, 5.41) is 11.2. The molecular formula is C9H17NO3S. The van der Waals surface area contributed by atoms with Gasteiger partial charge in [0.1, 0.15) is 5.54 Å². The summed E-state index contributed by atoms with van der Waals surface area (Å²) in [5.74, 6) is -1.23. The number of carboxylic acid groups (broad SMARTS) is 1. The number of carbonyl (C=O) groups excluding carboxylic acids is 1. The minimum Gasteiger partial charge on any atom is -0.480 e. The molecule has 0 rings (SSSR count). The number of hydrogen-bond donors (Lipinski definition) is 2. The van der Waals surface area contributed by atoms with Gasteiger partial charge in [0.2, 0.25) is 5.91 Å². The third kappa shape index (κ3) is 3.21. The molecule has 0 heterocycles. The van der Waals surface area contributed by atoms with Crippen molar-refractivity contribution < 1.29 is 14.7 Å². The van der Waals surface area contributed by atoms with Crippen LogP contribution in [0.25, 0.3) is 0 Å². The van der Waals surface area contributed by atoms with Crippen LogP contribution in [-0.4, -0.2) is 34.0 Å². The highest BCUT2D eigenvalue weighted by atomic mass is 32.2. The second-order valence-corrected chi connectivity index (χ2v) is 4.54. The van der Waals surface area contributed by atoms with Crippen molar-refractivity contribution in [1.29, 1.82) is 0 Å². The summed E-state index contributed by atoms with van der Waals surface area (Å²) in [6.07, 6.45) is 2.18. The van der Waals surface area contributed by atoms with Gasteiger partial charge < -0.3 is 10.4 Å². The van der Waals surface area contributed by atoms with E-state index >= 15 is 0 Å². The predicted octanol–water partition coefficient (Wildman–Crippen LogP) is 1.11. The number of carboxylic acids is 1. The van der Waals surface area contributed by atoms with Crippen molar-refractivity contribution in [2.45, 2.75) is 38.0 Å². The molecule has 5 heteroatoms. The van der Waals surface area contributed by atoms with E-state index < -0.39 is 11.5 Å². The average molecular weight is 219 g/mol. The Balaban J connectivity index is 4.47. The smallest absolute Gasteiger partial charge is 0.329 e. The van der Waals surface area contributed by atoms with E-state index in [0.717, 1.165) is 0 Å². The van der Waals surface area contributed by atoms with Crippen LogP contribution >= 0.6 is 11.8 Å². The Labute approximate surface area is 88.4 Å².